The zero-order chi connectivity index (χ0) is 15.2. The third-order valence-electron chi connectivity index (χ3n) is 3.85. The van der Waals surface area contributed by atoms with Gasteiger partial charge in [-0.15, -0.1) is 0 Å². The van der Waals surface area contributed by atoms with Crippen LogP contribution in [0.4, 0.5) is 0 Å². The molecule has 0 unspecified atom stereocenters. The highest BCUT2D eigenvalue weighted by Crippen LogP contribution is 2.19. The number of hydrogen-bond acceptors (Lipinski definition) is 2. The van der Waals surface area contributed by atoms with Crippen molar-refractivity contribution in [1.29, 1.82) is 0 Å². The van der Waals surface area contributed by atoms with Gasteiger partial charge >= 0.3 is 0 Å². The molecular formula is C19H32N2. The molecule has 21 heavy (non-hydrogen) atoms. The molecule has 0 radical (unpaired) electrons. The highest BCUT2D eigenvalue weighted by atomic mass is 15.1. The first-order valence-electron chi connectivity index (χ1n) is 8.56. The van der Waals surface area contributed by atoms with E-state index in [1.165, 1.54) is 37.1 Å². The molecule has 1 aliphatic carbocycles. The van der Waals surface area contributed by atoms with E-state index in [1.807, 2.05) is 0 Å². The van der Waals surface area contributed by atoms with Crippen LogP contribution in [0.3, 0.4) is 0 Å². The van der Waals surface area contributed by atoms with Gasteiger partial charge in [-0.05, 0) is 35.8 Å². The molecule has 0 spiro atoms. The van der Waals surface area contributed by atoms with Crippen LogP contribution in [0.15, 0.2) is 24.3 Å². The topological polar surface area (TPSA) is 15.3 Å². The SMILES string of the molecule is CC(C)CN(Cc1ccc(CNC2CC2)cc1)CC(C)C. The summed E-state index contributed by atoms with van der Waals surface area (Å²) in [4.78, 5) is 2.59. The molecule has 0 heterocycles. The summed E-state index contributed by atoms with van der Waals surface area (Å²) in [6.07, 6.45) is 2.72. The minimum atomic E-state index is 0.728. The molecule has 1 aromatic carbocycles. The lowest BCUT2D eigenvalue weighted by atomic mass is 10.1. The molecule has 0 amide bonds. The van der Waals surface area contributed by atoms with Crippen molar-refractivity contribution < 1.29 is 0 Å². The lowest BCUT2D eigenvalue weighted by molar-refractivity contribution is 0.211. The van der Waals surface area contributed by atoms with Gasteiger partial charge in [-0.25, -0.2) is 0 Å². The second-order valence-corrected chi connectivity index (χ2v) is 7.45. The molecular weight excluding hydrogens is 256 g/mol. The normalized spacial score (nSPS) is 15.4. The van der Waals surface area contributed by atoms with Crippen LogP contribution in [-0.4, -0.2) is 24.0 Å². The molecule has 2 nitrogen and oxygen atoms in total. The fraction of sp³-hybridized carbons (Fsp3) is 0.684. The van der Waals surface area contributed by atoms with Crippen molar-refractivity contribution >= 4 is 0 Å². The average molecular weight is 288 g/mol. The van der Waals surface area contributed by atoms with E-state index in [1.54, 1.807) is 0 Å². The van der Waals surface area contributed by atoms with Crippen LogP contribution >= 0.6 is 0 Å². The third-order valence-corrected chi connectivity index (χ3v) is 3.85. The van der Waals surface area contributed by atoms with Gasteiger partial charge in [-0.1, -0.05) is 52.0 Å². The molecule has 2 heteroatoms. The Hall–Kier alpha value is -0.860. The van der Waals surface area contributed by atoms with Crippen molar-refractivity contribution in [1.82, 2.24) is 10.2 Å². The van der Waals surface area contributed by atoms with Crippen molar-refractivity contribution in [3.63, 3.8) is 0 Å². The fourth-order valence-corrected chi connectivity index (χ4v) is 2.81. The Labute approximate surface area is 130 Å². The first kappa shape index (κ1) is 16.5. The number of benzene rings is 1. The molecule has 1 saturated carbocycles. The predicted molar refractivity (Wildman–Crippen MR) is 91.3 cm³/mol. The molecule has 1 aromatic rings. The van der Waals surface area contributed by atoms with Gasteiger partial charge in [-0.2, -0.15) is 0 Å². The zero-order valence-corrected chi connectivity index (χ0v) is 14.2. The Morgan fingerprint density at radius 2 is 1.48 bits per heavy atom. The highest BCUT2D eigenvalue weighted by Gasteiger charge is 2.19. The first-order valence-corrected chi connectivity index (χ1v) is 8.56. The number of hydrogen-bond donors (Lipinski definition) is 1. The monoisotopic (exact) mass is 288 g/mol. The lowest BCUT2D eigenvalue weighted by Gasteiger charge is -2.26. The van der Waals surface area contributed by atoms with E-state index in [4.69, 9.17) is 0 Å². The van der Waals surface area contributed by atoms with E-state index >= 15 is 0 Å². The summed E-state index contributed by atoms with van der Waals surface area (Å²) >= 11 is 0. The van der Waals surface area contributed by atoms with Crippen molar-refractivity contribution in [2.75, 3.05) is 13.1 Å². The van der Waals surface area contributed by atoms with Crippen molar-refractivity contribution in [3.05, 3.63) is 35.4 Å². The summed E-state index contributed by atoms with van der Waals surface area (Å²) in [5, 5.41) is 3.57. The highest BCUT2D eigenvalue weighted by molar-refractivity contribution is 5.22. The van der Waals surface area contributed by atoms with Crippen LogP contribution in [0, 0.1) is 11.8 Å². The van der Waals surface area contributed by atoms with E-state index in [-0.39, 0.29) is 0 Å². The summed E-state index contributed by atoms with van der Waals surface area (Å²) in [5.74, 6) is 1.46. The van der Waals surface area contributed by atoms with E-state index in [9.17, 15) is 0 Å². The van der Waals surface area contributed by atoms with E-state index < -0.39 is 0 Å². The Bertz CT molecular complexity index is 394. The maximum atomic E-state index is 3.57. The Kier molecular flexibility index (Phi) is 6.25. The summed E-state index contributed by atoms with van der Waals surface area (Å²) < 4.78 is 0. The Morgan fingerprint density at radius 1 is 0.952 bits per heavy atom. The van der Waals surface area contributed by atoms with Gasteiger partial charge < -0.3 is 5.32 Å². The van der Waals surface area contributed by atoms with Crippen LogP contribution in [-0.2, 0) is 13.1 Å². The summed E-state index contributed by atoms with van der Waals surface area (Å²) in [7, 11) is 0. The van der Waals surface area contributed by atoms with Crippen molar-refractivity contribution in [2.45, 2.75) is 59.7 Å². The minimum absolute atomic E-state index is 0.728. The van der Waals surface area contributed by atoms with Gasteiger partial charge in [0.15, 0.2) is 0 Å². The second kappa shape index (κ2) is 7.95. The van der Waals surface area contributed by atoms with Gasteiger partial charge in [-0.3, -0.25) is 4.90 Å². The van der Waals surface area contributed by atoms with E-state index in [0.717, 1.165) is 31.0 Å². The van der Waals surface area contributed by atoms with Crippen LogP contribution in [0.1, 0.15) is 51.7 Å². The molecule has 0 bridgehead atoms. The molecule has 0 atom stereocenters. The van der Waals surface area contributed by atoms with Gasteiger partial charge in [0.25, 0.3) is 0 Å². The summed E-state index contributed by atoms with van der Waals surface area (Å²) in [6.45, 7) is 13.7. The smallest absolute Gasteiger partial charge is 0.0233 e. The zero-order valence-electron chi connectivity index (χ0n) is 14.2. The molecule has 0 aromatic heterocycles. The van der Waals surface area contributed by atoms with Gasteiger partial charge in [0.2, 0.25) is 0 Å². The Morgan fingerprint density at radius 3 is 1.95 bits per heavy atom. The maximum Gasteiger partial charge on any atom is 0.0233 e. The van der Waals surface area contributed by atoms with Crippen LogP contribution in [0.2, 0.25) is 0 Å². The molecule has 0 aliphatic heterocycles. The van der Waals surface area contributed by atoms with Crippen LogP contribution in [0.25, 0.3) is 0 Å². The molecule has 0 saturated heterocycles. The predicted octanol–water partition coefficient (Wildman–Crippen LogP) is 4.05. The molecule has 1 aliphatic rings. The van der Waals surface area contributed by atoms with E-state index in [0.29, 0.717) is 0 Å². The molecule has 1 N–H and O–H groups in total. The Balaban J connectivity index is 1.86. The van der Waals surface area contributed by atoms with Gasteiger partial charge in [0.1, 0.15) is 0 Å². The maximum absolute atomic E-state index is 3.57. The largest absolute Gasteiger partial charge is 0.310 e. The standard InChI is InChI=1S/C19H32N2/c1-15(2)12-21(13-16(3)4)14-18-7-5-17(6-8-18)11-20-19-9-10-19/h5-8,15-16,19-20H,9-14H2,1-4H3. The molecule has 2 rings (SSSR count). The second-order valence-electron chi connectivity index (χ2n) is 7.45. The van der Waals surface area contributed by atoms with Gasteiger partial charge in [0, 0.05) is 32.2 Å². The fourth-order valence-electron chi connectivity index (χ4n) is 2.81. The van der Waals surface area contributed by atoms with Crippen molar-refractivity contribution in [2.24, 2.45) is 11.8 Å². The quantitative estimate of drug-likeness (QED) is 0.737. The lowest BCUT2D eigenvalue weighted by Crippen LogP contribution is -2.30. The summed E-state index contributed by atoms with van der Waals surface area (Å²) in [6, 6.07) is 9.97. The van der Waals surface area contributed by atoms with E-state index in [2.05, 4.69) is 62.2 Å². The minimum Gasteiger partial charge on any atom is -0.310 e. The summed E-state index contributed by atoms with van der Waals surface area (Å²) in [5.41, 5.74) is 2.84. The number of nitrogens with zero attached hydrogens (tertiary/aromatic N) is 1. The van der Waals surface area contributed by atoms with Gasteiger partial charge in [0.05, 0.1) is 0 Å². The van der Waals surface area contributed by atoms with Crippen LogP contribution < -0.4 is 5.32 Å². The first-order chi connectivity index (χ1) is 10.0. The number of rotatable bonds is 9. The average Bonchev–Trinajstić information content (AvgIpc) is 3.20. The number of nitrogens with one attached hydrogen (secondary N) is 1. The third kappa shape index (κ3) is 6.62. The molecule has 1 fully saturated rings. The molecule has 118 valence electrons. The van der Waals surface area contributed by atoms with Crippen molar-refractivity contribution in [3.8, 4) is 0 Å². The van der Waals surface area contributed by atoms with Crippen LogP contribution in [0.5, 0.6) is 0 Å².